The third-order valence-electron chi connectivity index (χ3n) is 5.80. The van der Waals surface area contributed by atoms with Gasteiger partial charge in [-0.25, -0.2) is 0 Å². The zero-order valence-electron chi connectivity index (χ0n) is 18.1. The Kier molecular flexibility index (Phi) is 9.83. The van der Waals surface area contributed by atoms with E-state index in [4.69, 9.17) is 14.2 Å². The minimum Gasteiger partial charge on any atom is -0.468 e. The number of carbonyl (C=O) groups excluding carboxylic acids is 1. The zero-order valence-corrected chi connectivity index (χ0v) is 18.1. The summed E-state index contributed by atoms with van der Waals surface area (Å²) in [5.74, 6) is 1.75. The molecule has 0 radical (unpaired) electrons. The Morgan fingerprint density at radius 1 is 0.893 bits per heavy atom. The number of ether oxygens (including phenoxy) is 3. The molecule has 0 N–H and O–H groups in total. The highest BCUT2D eigenvalue weighted by atomic mass is 16.7. The van der Waals surface area contributed by atoms with E-state index in [9.17, 15) is 4.79 Å². The molecule has 3 rings (SSSR count). The van der Waals surface area contributed by atoms with E-state index in [1.807, 2.05) is 38.1 Å². The summed E-state index contributed by atoms with van der Waals surface area (Å²) >= 11 is 0. The van der Waals surface area contributed by atoms with Crippen LogP contribution < -0.4 is 4.74 Å². The standard InChI is InChI=1S/C22H32O4.C2H6/c1-16-3-7-18(8-4-16)22(23)26-21-13-11-20(12-14-21)25-15-24-19-9-5-17(2)6-10-19;1-2/h5-6,9-10,16,18,20-21H,3-4,7-8,11-15H2,1-2H3;1-2H3. The lowest BCUT2D eigenvalue weighted by atomic mass is 9.83. The monoisotopic (exact) mass is 390 g/mol. The largest absolute Gasteiger partial charge is 0.468 e. The lowest BCUT2D eigenvalue weighted by molar-refractivity contribution is -0.159. The van der Waals surface area contributed by atoms with Crippen LogP contribution in [0, 0.1) is 18.8 Å². The van der Waals surface area contributed by atoms with E-state index < -0.39 is 0 Å². The quantitative estimate of drug-likeness (QED) is 0.438. The van der Waals surface area contributed by atoms with E-state index in [2.05, 4.69) is 13.8 Å². The fourth-order valence-electron chi connectivity index (χ4n) is 3.91. The topological polar surface area (TPSA) is 44.8 Å². The molecule has 0 unspecified atom stereocenters. The lowest BCUT2D eigenvalue weighted by Gasteiger charge is -2.30. The smallest absolute Gasteiger partial charge is 0.309 e. The summed E-state index contributed by atoms with van der Waals surface area (Å²) in [5.41, 5.74) is 1.22. The summed E-state index contributed by atoms with van der Waals surface area (Å²) in [7, 11) is 0. The predicted molar refractivity (Wildman–Crippen MR) is 112 cm³/mol. The Balaban J connectivity index is 0.00000136. The van der Waals surface area contributed by atoms with Gasteiger partial charge >= 0.3 is 5.97 Å². The molecule has 4 heteroatoms. The molecule has 4 nitrogen and oxygen atoms in total. The fraction of sp³-hybridized carbons (Fsp3) is 0.708. The molecule has 0 saturated heterocycles. The third-order valence-corrected chi connectivity index (χ3v) is 5.80. The van der Waals surface area contributed by atoms with Crippen LogP contribution >= 0.6 is 0 Å². The highest BCUT2D eigenvalue weighted by molar-refractivity contribution is 5.72. The summed E-state index contributed by atoms with van der Waals surface area (Å²) in [4.78, 5) is 12.3. The minimum atomic E-state index is 0.0315. The van der Waals surface area contributed by atoms with Crippen LogP contribution in [0.3, 0.4) is 0 Å². The van der Waals surface area contributed by atoms with Gasteiger partial charge in [0.15, 0.2) is 6.79 Å². The Morgan fingerprint density at radius 3 is 2.07 bits per heavy atom. The molecule has 2 aliphatic carbocycles. The predicted octanol–water partition coefficient (Wildman–Crippen LogP) is 6.05. The van der Waals surface area contributed by atoms with Crippen LogP contribution in [0.15, 0.2) is 24.3 Å². The molecule has 0 aliphatic heterocycles. The summed E-state index contributed by atoms with van der Waals surface area (Å²) in [6.07, 6.45) is 8.21. The van der Waals surface area contributed by atoms with Crippen molar-refractivity contribution in [1.82, 2.24) is 0 Å². The van der Waals surface area contributed by atoms with Crippen molar-refractivity contribution in [3.05, 3.63) is 29.8 Å². The first kappa shape index (κ1) is 22.7. The molecule has 2 fully saturated rings. The van der Waals surface area contributed by atoms with Gasteiger partial charge in [-0.05, 0) is 76.3 Å². The second-order valence-electron chi connectivity index (χ2n) is 8.03. The SMILES string of the molecule is CC.Cc1ccc(OCOC2CCC(OC(=O)C3CCC(C)CC3)CC2)cc1. The first-order valence-electron chi connectivity index (χ1n) is 11.1. The summed E-state index contributed by atoms with van der Waals surface area (Å²) < 4.78 is 17.2. The first-order valence-corrected chi connectivity index (χ1v) is 11.1. The molecule has 2 saturated carbocycles. The highest BCUT2D eigenvalue weighted by Gasteiger charge is 2.29. The third kappa shape index (κ3) is 7.46. The molecular formula is C24H38O4. The van der Waals surface area contributed by atoms with E-state index in [1.54, 1.807) is 0 Å². The van der Waals surface area contributed by atoms with Crippen molar-refractivity contribution in [3.63, 3.8) is 0 Å². The zero-order chi connectivity index (χ0) is 20.4. The molecule has 0 spiro atoms. The molecule has 0 amide bonds. The normalized spacial score (nSPS) is 27.3. The van der Waals surface area contributed by atoms with Crippen LogP contribution in [-0.2, 0) is 14.3 Å². The van der Waals surface area contributed by atoms with Crippen molar-refractivity contribution in [2.45, 2.75) is 91.3 Å². The van der Waals surface area contributed by atoms with Gasteiger partial charge in [0.2, 0.25) is 0 Å². The van der Waals surface area contributed by atoms with E-state index in [0.717, 1.165) is 63.0 Å². The van der Waals surface area contributed by atoms with Gasteiger partial charge in [0.05, 0.1) is 12.0 Å². The van der Waals surface area contributed by atoms with Gasteiger partial charge in [-0.2, -0.15) is 0 Å². The van der Waals surface area contributed by atoms with E-state index >= 15 is 0 Å². The average molecular weight is 391 g/mol. The maximum absolute atomic E-state index is 12.3. The Bertz CT molecular complexity index is 552. The molecule has 1 aromatic rings. The van der Waals surface area contributed by atoms with Gasteiger partial charge in [0, 0.05) is 0 Å². The molecule has 1 aromatic carbocycles. The van der Waals surface area contributed by atoms with Crippen LogP contribution in [-0.4, -0.2) is 25.0 Å². The van der Waals surface area contributed by atoms with Crippen molar-refractivity contribution in [2.24, 2.45) is 11.8 Å². The molecule has 28 heavy (non-hydrogen) atoms. The molecule has 2 aliphatic rings. The summed E-state index contributed by atoms with van der Waals surface area (Å²) in [5, 5.41) is 0. The highest BCUT2D eigenvalue weighted by Crippen LogP contribution is 2.31. The number of esters is 1. The number of benzene rings is 1. The molecule has 0 aromatic heterocycles. The van der Waals surface area contributed by atoms with Crippen LogP contribution in [0.5, 0.6) is 5.75 Å². The van der Waals surface area contributed by atoms with E-state index in [1.165, 1.54) is 5.56 Å². The fourth-order valence-corrected chi connectivity index (χ4v) is 3.91. The molecule has 0 atom stereocenters. The van der Waals surface area contributed by atoms with Crippen LogP contribution in [0.1, 0.15) is 77.7 Å². The van der Waals surface area contributed by atoms with Crippen molar-refractivity contribution in [1.29, 1.82) is 0 Å². The van der Waals surface area contributed by atoms with E-state index in [0.29, 0.717) is 0 Å². The summed E-state index contributed by atoms with van der Waals surface area (Å²) in [6.45, 7) is 8.60. The van der Waals surface area contributed by atoms with Crippen molar-refractivity contribution in [2.75, 3.05) is 6.79 Å². The number of rotatable bonds is 6. The molecule has 158 valence electrons. The average Bonchev–Trinajstić information content (AvgIpc) is 2.73. The van der Waals surface area contributed by atoms with Crippen molar-refractivity contribution >= 4 is 5.97 Å². The van der Waals surface area contributed by atoms with Crippen molar-refractivity contribution < 1.29 is 19.0 Å². The van der Waals surface area contributed by atoms with Crippen LogP contribution in [0.2, 0.25) is 0 Å². The summed E-state index contributed by atoms with van der Waals surface area (Å²) in [6, 6.07) is 7.98. The number of hydrogen-bond donors (Lipinski definition) is 0. The molecule has 0 heterocycles. The Hall–Kier alpha value is -1.55. The number of aryl methyl sites for hydroxylation is 1. The minimum absolute atomic E-state index is 0.0315. The van der Waals surface area contributed by atoms with Gasteiger partial charge in [-0.3, -0.25) is 4.79 Å². The Labute approximate surface area is 170 Å². The second-order valence-corrected chi connectivity index (χ2v) is 8.03. The van der Waals surface area contributed by atoms with Gasteiger partial charge in [-0.1, -0.05) is 38.5 Å². The lowest BCUT2D eigenvalue weighted by Crippen LogP contribution is -2.32. The van der Waals surface area contributed by atoms with Gasteiger partial charge < -0.3 is 14.2 Å². The van der Waals surface area contributed by atoms with Crippen LogP contribution in [0.25, 0.3) is 0 Å². The van der Waals surface area contributed by atoms with Crippen molar-refractivity contribution in [3.8, 4) is 5.75 Å². The van der Waals surface area contributed by atoms with Gasteiger partial charge in [-0.15, -0.1) is 0 Å². The number of carbonyl (C=O) groups is 1. The maximum atomic E-state index is 12.3. The van der Waals surface area contributed by atoms with E-state index in [-0.39, 0.29) is 30.9 Å². The second kappa shape index (κ2) is 12.1. The first-order chi connectivity index (χ1) is 13.6. The Morgan fingerprint density at radius 2 is 1.46 bits per heavy atom. The molecule has 0 bridgehead atoms. The maximum Gasteiger partial charge on any atom is 0.309 e. The van der Waals surface area contributed by atoms with Crippen LogP contribution in [0.4, 0.5) is 0 Å². The molecular weight excluding hydrogens is 352 g/mol. The van der Waals surface area contributed by atoms with Gasteiger partial charge in [0.1, 0.15) is 11.9 Å². The van der Waals surface area contributed by atoms with Gasteiger partial charge in [0.25, 0.3) is 0 Å². The number of hydrogen-bond acceptors (Lipinski definition) is 4.